The second-order valence-corrected chi connectivity index (χ2v) is 5.44. The second kappa shape index (κ2) is 6.15. The zero-order valence-corrected chi connectivity index (χ0v) is 11.1. The van der Waals surface area contributed by atoms with Crippen LogP contribution in [-0.4, -0.2) is 35.6 Å². The Kier molecular flexibility index (Phi) is 4.55. The standard InChI is InChI=1S/C13H19N3S/c1-3-6-16-7-4-12(5-8-16)14-9-13-11(2)15-10-17-13/h1,10,12,14H,4-9H2,2H3. The molecule has 1 N–H and O–H groups in total. The van der Waals surface area contributed by atoms with Gasteiger partial charge in [0.2, 0.25) is 0 Å². The van der Waals surface area contributed by atoms with Crippen molar-refractivity contribution in [3.63, 3.8) is 0 Å². The van der Waals surface area contributed by atoms with Crippen LogP contribution in [0.3, 0.4) is 0 Å². The Morgan fingerprint density at radius 3 is 2.94 bits per heavy atom. The fraction of sp³-hybridized carbons (Fsp3) is 0.615. The van der Waals surface area contributed by atoms with Gasteiger partial charge in [-0.3, -0.25) is 4.90 Å². The predicted molar refractivity (Wildman–Crippen MR) is 72.0 cm³/mol. The van der Waals surface area contributed by atoms with Crippen LogP contribution in [0.25, 0.3) is 0 Å². The van der Waals surface area contributed by atoms with Crippen molar-refractivity contribution in [2.24, 2.45) is 0 Å². The van der Waals surface area contributed by atoms with Crippen LogP contribution in [0.4, 0.5) is 0 Å². The number of likely N-dealkylation sites (tertiary alicyclic amines) is 1. The summed E-state index contributed by atoms with van der Waals surface area (Å²) in [5.41, 5.74) is 3.08. The number of aromatic nitrogens is 1. The maximum Gasteiger partial charge on any atom is 0.0798 e. The summed E-state index contributed by atoms with van der Waals surface area (Å²) >= 11 is 1.74. The molecule has 0 atom stereocenters. The Labute approximate surface area is 107 Å². The Bertz CT molecular complexity index is 386. The van der Waals surface area contributed by atoms with Crippen LogP contribution in [0.15, 0.2) is 5.51 Å². The third-order valence-corrected chi connectivity index (χ3v) is 4.23. The number of thiazole rings is 1. The quantitative estimate of drug-likeness (QED) is 0.822. The van der Waals surface area contributed by atoms with Crippen LogP contribution in [0, 0.1) is 19.3 Å². The van der Waals surface area contributed by atoms with Crippen LogP contribution in [0.1, 0.15) is 23.4 Å². The van der Waals surface area contributed by atoms with E-state index in [0.29, 0.717) is 6.04 Å². The van der Waals surface area contributed by atoms with Gasteiger partial charge in [0.15, 0.2) is 0 Å². The van der Waals surface area contributed by atoms with E-state index in [9.17, 15) is 0 Å². The van der Waals surface area contributed by atoms with E-state index in [2.05, 4.69) is 28.0 Å². The molecule has 0 aliphatic carbocycles. The fourth-order valence-electron chi connectivity index (χ4n) is 2.16. The minimum absolute atomic E-state index is 0.630. The first-order valence-electron chi connectivity index (χ1n) is 6.07. The molecule has 0 amide bonds. The number of nitrogens with zero attached hydrogens (tertiary/aromatic N) is 2. The van der Waals surface area contributed by atoms with E-state index in [4.69, 9.17) is 6.42 Å². The molecule has 1 fully saturated rings. The van der Waals surface area contributed by atoms with Gasteiger partial charge in [-0.2, -0.15) is 0 Å². The van der Waals surface area contributed by atoms with E-state index in [-0.39, 0.29) is 0 Å². The van der Waals surface area contributed by atoms with Crippen LogP contribution >= 0.6 is 11.3 Å². The molecule has 1 aromatic rings. The number of hydrogen-bond acceptors (Lipinski definition) is 4. The minimum atomic E-state index is 0.630. The van der Waals surface area contributed by atoms with Gasteiger partial charge in [-0.25, -0.2) is 4.98 Å². The lowest BCUT2D eigenvalue weighted by molar-refractivity contribution is 0.217. The number of nitrogens with one attached hydrogen (secondary N) is 1. The summed E-state index contributed by atoms with van der Waals surface area (Å²) in [5.74, 6) is 2.71. The third-order valence-electron chi connectivity index (χ3n) is 3.30. The van der Waals surface area contributed by atoms with Crippen LogP contribution < -0.4 is 5.32 Å². The normalized spacial score (nSPS) is 18.1. The maximum absolute atomic E-state index is 5.32. The second-order valence-electron chi connectivity index (χ2n) is 4.50. The highest BCUT2D eigenvalue weighted by Gasteiger charge is 2.18. The lowest BCUT2D eigenvalue weighted by Crippen LogP contribution is -2.42. The first-order valence-corrected chi connectivity index (χ1v) is 6.95. The SMILES string of the molecule is C#CCN1CCC(NCc2scnc2C)CC1. The molecule has 17 heavy (non-hydrogen) atoms. The molecule has 0 bridgehead atoms. The molecule has 3 nitrogen and oxygen atoms in total. The first kappa shape index (κ1) is 12.6. The van der Waals surface area contributed by atoms with Gasteiger partial charge >= 0.3 is 0 Å². The molecule has 0 spiro atoms. The molecular weight excluding hydrogens is 230 g/mol. The van der Waals surface area contributed by atoms with Gasteiger partial charge in [-0.15, -0.1) is 17.8 Å². The van der Waals surface area contributed by atoms with Gasteiger partial charge in [0.05, 0.1) is 17.7 Å². The summed E-state index contributed by atoms with van der Waals surface area (Å²) in [5, 5.41) is 3.62. The van der Waals surface area contributed by atoms with E-state index in [1.54, 1.807) is 11.3 Å². The van der Waals surface area contributed by atoms with Gasteiger partial charge < -0.3 is 5.32 Å². The zero-order valence-electron chi connectivity index (χ0n) is 10.3. The molecule has 4 heteroatoms. The number of aryl methyl sites for hydroxylation is 1. The summed E-state index contributed by atoms with van der Waals surface area (Å²) in [7, 11) is 0. The molecule has 92 valence electrons. The van der Waals surface area contributed by atoms with Crippen molar-refractivity contribution in [2.45, 2.75) is 32.4 Å². The highest BCUT2D eigenvalue weighted by Crippen LogP contribution is 2.14. The first-order chi connectivity index (χ1) is 8.29. The summed E-state index contributed by atoms with van der Waals surface area (Å²) in [6.45, 7) is 6.05. The predicted octanol–water partition coefficient (Wildman–Crippen LogP) is 1.64. The Morgan fingerprint density at radius 1 is 1.59 bits per heavy atom. The average molecular weight is 249 g/mol. The molecular formula is C13H19N3S. The summed E-state index contributed by atoms with van der Waals surface area (Å²) in [6.07, 6.45) is 7.71. The van der Waals surface area contributed by atoms with Crippen molar-refractivity contribution in [3.05, 3.63) is 16.1 Å². The van der Waals surface area contributed by atoms with Gasteiger partial charge in [0.25, 0.3) is 0 Å². The van der Waals surface area contributed by atoms with E-state index in [1.165, 1.54) is 17.7 Å². The number of terminal acetylenes is 1. The molecule has 2 rings (SSSR count). The molecule has 0 radical (unpaired) electrons. The van der Waals surface area contributed by atoms with Crippen molar-refractivity contribution >= 4 is 11.3 Å². The van der Waals surface area contributed by atoms with E-state index in [0.717, 1.165) is 31.9 Å². The molecule has 1 saturated heterocycles. The lowest BCUT2D eigenvalue weighted by Gasteiger charge is -2.31. The van der Waals surface area contributed by atoms with E-state index >= 15 is 0 Å². The maximum atomic E-state index is 5.32. The lowest BCUT2D eigenvalue weighted by atomic mass is 10.1. The minimum Gasteiger partial charge on any atom is -0.309 e. The number of rotatable bonds is 4. The highest BCUT2D eigenvalue weighted by molar-refractivity contribution is 7.09. The highest BCUT2D eigenvalue weighted by atomic mass is 32.1. The molecule has 1 aliphatic heterocycles. The molecule has 0 saturated carbocycles. The van der Waals surface area contributed by atoms with Gasteiger partial charge in [-0.1, -0.05) is 5.92 Å². The van der Waals surface area contributed by atoms with Crippen molar-refractivity contribution in [3.8, 4) is 12.3 Å². The average Bonchev–Trinajstić information content (AvgIpc) is 2.75. The topological polar surface area (TPSA) is 28.2 Å². The number of piperidine rings is 1. The Morgan fingerprint density at radius 2 is 2.35 bits per heavy atom. The van der Waals surface area contributed by atoms with Crippen molar-refractivity contribution in [1.82, 2.24) is 15.2 Å². The largest absolute Gasteiger partial charge is 0.309 e. The van der Waals surface area contributed by atoms with Crippen molar-refractivity contribution in [2.75, 3.05) is 19.6 Å². The zero-order chi connectivity index (χ0) is 12.1. The van der Waals surface area contributed by atoms with Gasteiger partial charge in [-0.05, 0) is 19.8 Å². The van der Waals surface area contributed by atoms with Crippen LogP contribution in [0.2, 0.25) is 0 Å². The fourth-order valence-corrected chi connectivity index (χ4v) is 2.89. The van der Waals surface area contributed by atoms with Crippen LogP contribution in [-0.2, 0) is 6.54 Å². The summed E-state index contributed by atoms with van der Waals surface area (Å²) in [4.78, 5) is 7.97. The van der Waals surface area contributed by atoms with Crippen molar-refractivity contribution < 1.29 is 0 Å². The molecule has 0 aromatic carbocycles. The van der Waals surface area contributed by atoms with Gasteiger partial charge in [0.1, 0.15) is 0 Å². The summed E-state index contributed by atoms with van der Waals surface area (Å²) < 4.78 is 0. The van der Waals surface area contributed by atoms with E-state index in [1.807, 2.05) is 5.51 Å². The van der Waals surface area contributed by atoms with Crippen molar-refractivity contribution in [1.29, 1.82) is 0 Å². The van der Waals surface area contributed by atoms with E-state index < -0.39 is 0 Å². The molecule has 1 aromatic heterocycles. The third kappa shape index (κ3) is 3.53. The number of hydrogen-bond donors (Lipinski definition) is 1. The van der Waals surface area contributed by atoms with Crippen LogP contribution in [0.5, 0.6) is 0 Å². The molecule has 2 heterocycles. The Balaban J connectivity index is 1.72. The Hall–Kier alpha value is -0.890. The monoisotopic (exact) mass is 249 g/mol. The molecule has 0 unspecified atom stereocenters. The summed E-state index contributed by atoms with van der Waals surface area (Å²) in [6, 6.07) is 0.630. The van der Waals surface area contributed by atoms with Gasteiger partial charge in [0, 0.05) is 30.6 Å². The smallest absolute Gasteiger partial charge is 0.0798 e. The molecule has 1 aliphatic rings.